The maximum atomic E-state index is 13.3. The van der Waals surface area contributed by atoms with Crippen LogP contribution in [-0.4, -0.2) is 41.2 Å². The van der Waals surface area contributed by atoms with Gasteiger partial charge >= 0.3 is 0 Å². The van der Waals surface area contributed by atoms with Crippen molar-refractivity contribution in [3.05, 3.63) is 94.7 Å². The predicted molar refractivity (Wildman–Crippen MR) is 140 cm³/mol. The van der Waals surface area contributed by atoms with E-state index in [0.29, 0.717) is 42.7 Å². The van der Waals surface area contributed by atoms with E-state index < -0.39 is 0 Å². The molecule has 0 bridgehead atoms. The van der Waals surface area contributed by atoms with E-state index in [-0.39, 0.29) is 18.0 Å². The summed E-state index contributed by atoms with van der Waals surface area (Å²) in [6.07, 6.45) is 3.19. The topological polar surface area (TPSA) is 99.1 Å². The second-order valence-electron chi connectivity index (χ2n) is 9.23. The summed E-state index contributed by atoms with van der Waals surface area (Å²) in [5.41, 5.74) is 4.32. The second-order valence-corrected chi connectivity index (χ2v) is 9.23. The molecule has 1 amide bonds. The minimum absolute atomic E-state index is 0.0481. The van der Waals surface area contributed by atoms with Crippen molar-refractivity contribution in [3.8, 4) is 11.5 Å². The molecule has 9 nitrogen and oxygen atoms in total. The number of fused-ring (bicyclic) bond motifs is 7. The van der Waals surface area contributed by atoms with Crippen LogP contribution in [0.2, 0.25) is 0 Å². The molecule has 0 atom stereocenters. The van der Waals surface area contributed by atoms with Gasteiger partial charge in [0.05, 0.1) is 16.6 Å². The van der Waals surface area contributed by atoms with Gasteiger partial charge in [0.15, 0.2) is 11.5 Å². The lowest BCUT2D eigenvalue weighted by Crippen LogP contribution is -2.31. The fourth-order valence-electron chi connectivity index (χ4n) is 5.40. The first-order chi connectivity index (χ1) is 18.2. The number of aryl methyl sites for hydroxylation is 1. The van der Waals surface area contributed by atoms with E-state index in [1.807, 2.05) is 75.8 Å². The van der Waals surface area contributed by atoms with Crippen molar-refractivity contribution in [2.75, 3.05) is 6.54 Å². The van der Waals surface area contributed by atoms with Gasteiger partial charge in [0.2, 0.25) is 5.91 Å². The van der Waals surface area contributed by atoms with E-state index in [4.69, 9.17) is 4.98 Å². The third kappa shape index (κ3) is 3.42. The average molecular weight is 490 g/mol. The summed E-state index contributed by atoms with van der Waals surface area (Å²) in [5.74, 6) is 1.30. The van der Waals surface area contributed by atoms with Crippen LogP contribution in [0.15, 0.2) is 77.7 Å². The maximum Gasteiger partial charge on any atom is 0.261 e. The van der Waals surface area contributed by atoms with Crippen molar-refractivity contribution in [2.45, 2.75) is 25.9 Å². The predicted octanol–water partition coefficient (Wildman–Crippen LogP) is 2.98. The number of hydrogen-bond acceptors (Lipinski definition) is 5. The Kier molecular flexibility index (Phi) is 4.88. The number of hydrogen-bond donors (Lipinski definition) is 1. The van der Waals surface area contributed by atoms with Crippen molar-refractivity contribution < 1.29 is 4.79 Å². The van der Waals surface area contributed by atoms with Crippen LogP contribution in [0.4, 0.5) is 0 Å². The zero-order valence-electron chi connectivity index (χ0n) is 20.0. The van der Waals surface area contributed by atoms with Crippen LogP contribution in [0.3, 0.4) is 0 Å². The third-order valence-electron chi connectivity index (χ3n) is 7.09. The van der Waals surface area contributed by atoms with Gasteiger partial charge in [-0.05, 0) is 42.3 Å². The van der Waals surface area contributed by atoms with E-state index in [0.717, 1.165) is 33.6 Å². The molecule has 9 heteroatoms. The molecule has 0 fully saturated rings. The van der Waals surface area contributed by atoms with Crippen molar-refractivity contribution >= 4 is 33.4 Å². The molecule has 4 aromatic heterocycles. The third-order valence-corrected chi connectivity index (χ3v) is 7.09. The number of aromatic nitrogens is 6. The Morgan fingerprint density at radius 1 is 0.946 bits per heavy atom. The monoisotopic (exact) mass is 489 g/mol. The Balaban J connectivity index is 1.23. The Bertz CT molecular complexity index is 1900. The molecule has 37 heavy (non-hydrogen) atoms. The Morgan fingerprint density at radius 3 is 2.68 bits per heavy atom. The first-order valence-corrected chi connectivity index (χ1v) is 12.3. The van der Waals surface area contributed by atoms with Gasteiger partial charge in [0.1, 0.15) is 12.4 Å². The molecule has 6 aromatic rings. The second kappa shape index (κ2) is 8.41. The van der Waals surface area contributed by atoms with Gasteiger partial charge in [-0.25, -0.2) is 4.98 Å². The highest BCUT2D eigenvalue weighted by atomic mass is 16.2. The molecule has 1 aliphatic heterocycles. The molecule has 5 heterocycles. The molecule has 2 aromatic carbocycles. The highest BCUT2D eigenvalue weighted by molar-refractivity contribution is 5.93. The molecule has 1 aliphatic rings. The van der Waals surface area contributed by atoms with Crippen LogP contribution in [0.25, 0.3) is 39.0 Å². The van der Waals surface area contributed by atoms with Crippen LogP contribution in [0, 0.1) is 0 Å². The first kappa shape index (κ1) is 21.5. The molecular formula is C28H23N7O2. The van der Waals surface area contributed by atoms with Crippen molar-refractivity contribution in [1.82, 2.24) is 34.0 Å². The lowest BCUT2D eigenvalue weighted by molar-refractivity contribution is -0.121. The fraction of sp³-hybridized carbons (Fsp3) is 0.179. The quantitative estimate of drug-likeness (QED) is 0.401. The van der Waals surface area contributed by atoms with Crippen LogP contribution in [0.5, 0.6) is 0 Å². The minimum atomic E-state index is -0.113. The zero-order valence-corrected chi connectivity index (χ0v) is 20.0. The van der Waals surface area contributed by atoms with Gasteiger partial charge < -0.3 is 9.88 Å². The Hall–Kier alpha value is -4.79. The summed E-state index contributed by atoms with van der Waals surface area (Å²) in [4.78, 5) is 31.4. The van der Waals surface area contributed by atoms with E-state index in [9.17, 15) is 9.59 Å². The first-order valence-electron chi connectivity index (χ1n) is 12.3. The largest absolute Gasteiger partial charge is 0.354 e. The highest BCUT2D eigenvalue weighted by Crippen LogP contribution is 2.36. The summed E-state index contributed by atoms with van der Waals surface area (Å²) >= 11 is 0. The van der Waals surface area contributed by atoms with Crippen LogP contribution >= 0.6 is 0 Å². The number of carbonyl (C=O) groups is 1. The summed E-state index contributed by atoms with van der Waals surface area (Å²) in [6.45, 7) is 1.12. The Morgan fingerprint density at radius 2 is 1.76 bits per heavy atom. The molecule has 0 spiro atoms. The average Bonchev–Trinajstić information content (AvgIpc) is 3.48. The normalized spacial score (nSPS) is 12.6. The number of para-hydroxylation sites is 2. The standard InChI is InChI=1S/C28H23N7O2/c36-25(29-14-12-24-32-31-23-11-5-6-15-33(23)24)17-35-22-10-4-2-7-18(22)19-13-16-34-27(26(19)35)30-21-9-3-1-8-20(21)28(34)37/h1-11,15H,12-14,16-17H2,(H,29,36). The van der Waals surface area contributed by atoms with E-state index in [1.54, 1.807) is 4.57 Å². The maximum absolute atomic E-state index is 13.3. The van der Waals surface area contributed by atoms with Crippen molar-refractivity contribution in [3.63, 3.8) is 0 Å². The van der Waals surface area contributed by atoms with E-state index >= 15 is 0 Å². The fourth-order valence-corrected chi connectivity index (χ4v) is 5.40. The van der Waals surface area contributed by atoms with Gasteiger partial charge in [0, 0.05) is 36.6 Å². The summed E-state index contributed by atoms with van der Waals surface area (Å²) in [7, 11) is 0. The number of nitrogens with one attached hydrogen (secondary N) is 1. The number of benzene rings is 2. The lowest BCUT2D eigenvalue weighted by Gasteiger charge is -2.21. The number of carbonyl (C=O) groups excluding carboxylic acids is 1. The molecule has 0 saturated carbocycles. The van der Waals surface area contributed by atoms with Crippen LogP contribution < -0.4 is 10.9 Å². The number of amides is 1. The molecule has 182 valence electrons. The lowest BCUT2D eigenvalue weighted by atomic mass is 10.0. The Labute approximate surface area is 211 Å². The molecule has 7 rings (SSSR count). The zero-order chi connectivity index (χ0) is 24.9. The van der Waals surface area contributed by atoms with Gasteiger partial charge in [-0.15, -0.1) is 10.2 Å². The van der Waals surface area contributed by atoms with Crippen LogP contribution in [-0.2, 0) is 30.7 Å². The SMILES string of the molecule is O=C(Cn1c2c(c3ccccc31)CCn1c-2nc2ccccc2c1=O)NCCc1nnc2ccccn12. The summed E-state index contributed by atoms with van der Waals surface area (Å²) in [5, 5.41) is 13.1. The molecular weight excluding hydrogens is 466 g/mol. The van der Waals surface area contributed by atoms with Crippen molar-refractivity contribution in [2.24, 2.45) is 0 Å². The smallest absolute Gasteiger partial charge is 0.261 e. The van der Waals surface area contributed by atoms with Crippen molar-refractivity contribution in [1.29, 1.82) is 0 Å². The van der Waals surface area contributed by atoms with Gasteiger partial charge in [-0.1, -0.05) is 36.4 Å². The summed E-state index contributed by atoms with van der Waals surface area (Å²) in [6, 6.07) is 21.2. The van der Waals surface area contributed by atoms with E-state index in [2.05, 4.69) is 21.6 Å². The number of nitrogens with zero attached hydrogens (tertiary/aromatic N) is 6. The van der Waals surface area contributed by atoms with E-state index in [1.165, 1.54) is 0 Å². The molecule has 0 saturated heterocycles. The highest BCUT2D eigenvalue weighted by Gasteiger charge is 2.27. The van der Waals surface area contributed by atoms with Crippen LogP contribution in [0.1, 0.15) is 11.4 Å². The molecule has 1 N–H and O–H groups in total. The molecule has 0 radical (unpaired) electrons. The van der Waals surface area contributed by atoms with Gasteiger partial charge in [-0.2, -0.15) is 0 Å². The molecule has 0 unspecified atom stereocenters. The van der Waals surface area contributed by atoms with Gasteiger partial charge in [0.25, 0.3) is 5.56 Å². The van der Waals surface area contributed by atoms with Gasteiger partial charge in [-0.3, -0.25) is 18.6 Å². The number of pyridine rings is 1. The molecule has 0 aliphatic carbocycles. The minimum Gasteiger partial charge on any atom is -0.354 e. The summed E-state index contributed by atoms with van der Waals surface area (Å²) < 4.78 is 5.67. The number of rotatable bonds is 5.